The number of hydrogen-bond donors (Lipinski definition) is 1. The van der Waals surface area contributed by atoms with Crippen LogP contribution >= 0.6 is 0 Å². The van der Waals surface area contributed by atoms with Crippen LogP contribution in [0.15, 0.2) is 18.2 Å². The van der Waals surface area contributed by atoms with Crippen molar-refractivity contribution >= 4 is 0 Å². The van der Waals surface area contributed by atoms with Crippen LogP contribution in [0.25, 0.3) is 0 Å². The van der Waals surface area contributed by atoms with Gasteiger partial charge in [0.15, 0.2) is 0 Å². The van der Waals surface area contributed by atoms with Gasteiger partial charge in [-0.05, 0) is 49.5 Å². The first-order chi connectivity index (χ1) is 7.31. The Balaban J connectivity index is 2.30. The molecule has 2 rings (SSSR count). The lowest BCUT2D eigenvalue weighted by Crippen LogP contribution is -2.27. The van der Waals surface area contributed by atoms with Crippen molar-refractivity contribution in [1.82, 2.24) is 5.32 Å². The lowest BCUT2D eigenvalue weighted by atomic mass is 9.87. The van der Waals surface area contributed by atoms with Crippen LogP contribution in [0, 0.1) is 17.1 Å². The minimum absolute atomic E-state index is 0.329. The average Bonchev–Trinajstić information content (AvgIpc) is 2.30. The molecule has 0 bridgehead atoms. The standard InChI is InChI=1S/C12H13FN2/c13-11-1-2-12(10(7-11)8-14)9-3-5-15-6-4-9/h1-2,7,9,15H,3-6H2. The molecule has 0 radical (unpaired) electrons. The molecule has 1 aromatic rings. The van der Waals surface area contributed by atoms with Crippen LogP contribution in [0.1, 0.15) is 29.9 Å². The monoisotopic (exact) mass is 204 g/mol. The molecule has 1 aromatic carbocycles. The molecule has 0 saturated carbocycles. The van der Waals surface area contributed by atoms with E-state index in [4.69, 9.17) is 5.26 Å². The summed E-state index contributed by atoms with van der Waals surface area (Å²) in [6.45, 7) is 1.96. The number of piperidine rings is 1. The minimum Gasteiger partial charge on any atom is -0.317 e. The van der Waals surface area contributed by atoms with E-state index >= 15 is 0 Å². The van der Waals surface area contributed by atoms with Crippen LogP contribution in [-0.2, 0) is 0 Å². The second-order valence-electron chi connectivity index (χ2n) is 3.87. The van der Waals surface area contributed by atoms with E-state index in [1.807, 2.05) is 0 Å². The number of hydrogen-bond acceptors (Lipinski definition) is 2. The first kappa shape index (κ1) is 10.1. The van der Waals surface area contributed by atoms with Crippen molar-refractivity contribution in [1.29, 1.82) is 5.26 Å². The Morgan fingerprint density at radius 3 is 2.73 bits per heavy atom. The predicted octanol–water partition coefficient (Wildman–Crippen LogP) is 2.16. The SMILES string of the molecule is N#Cc1cc(F)ccc1C1CCNCC1. The number of nitrogens with one attached hydrogen (secondary N) is 1. The number of nitrogens with zero attached hydrogens (tertiary/aromatic N) is 1. The lowest BCUT2D eigenvalue weighted by molar-refractivity contribution is 0.459. The van der Waals surface area contributed by atoms with Gasteiger partial charge in [-0.15, -0.1) is 0 Å². The molecule has 1 fully saturated rings. The van der Waals surface area contributed by atoms with Gasteiger partial charge < -0.3 is 5.32 Å². The van der Waals surface area contributed by atoms with Crippen LogP contribution in [0.5, 0.6) is 0 Å². The zero-order chi connectivity index (χ0) is 10.7. The van der Waals surface area contributed by atoms with Gasteiger partial charge in [-0.2, -0.15) is 5.26 Å². The summed E-state index contributed by atoms with van der Waals surface area (Å²) in [6, 6.07) is 6.60. The van der Waals surface area contributed by atoms with Gasteiger partial charge in [0.05, 0.1) is 11.6 Å². The molecule has 1 aliphatic rings. The van der Waals surface area contributed by atoms with E-state index in [1.165, 1.54) is 12.1 Å². The molecule has 1 aliphatic heterocycles. The summed E-state index contributed by atoms with van der Waals surface area (Å²) in [5.74, 6) is 0.0748. The van der Waals surface area contributed by atoms with E-state index in [9.17, 15) is 4.39 Å². The number of nitriles is 1. The Morgan fingerprint density at radius 1 is 1.33 bits per heavy atom. The average molecular weight is 204 g/mol. The molecule has 0 spiro atoms. The topological polar surface area (TPSA) is 35.8 Å². The van der Waals surface area contributed by atoms with Gasteiger partial charge in [-0.25, -0.2) is 4.39 Å². The first-order valence-corrected chi connectivity index (χ1v) is 5.21. The fourth-order valence-electron chi connectivity index (χ4n) is 2.11. The van der Waals surface area contributed by atoms with Crippen LogP contribution in [0.4, 0.5) is 4.39 Å². The molecule has 15 heavy (non-hydrogen) atoms. The molecular formula is C12H13FN2. The molecule has 1 N–H and O–H groups in total. The van der Waals surface area contributed by atoms with Gasteiger partial charge in [0.25, 0.3) is 0 Å². The van der Waals surface area contributed by atoms with Crippen LogP contribution in [0.3, 0.4) is 0 Å². The number of benzene rings is 1. The van der Waals surface area contributed by atoms with E-state index < -0.39 is 0 Å². The van der Waals surface area contributed by atoms with Crippen molar-refractivity contribution < 1.29 is 4.39 Å². The highest BCUT2D eigenvalue weighted by Gasteiger charge is 2.18. The maximum absolute atomic E-state index is 12.9. The van der Waals surface area contributed by atoms with Crippen molar-refractivity contribution in [2.45, 2.75) is 18.8 Å². The molecular weight excluding hydrogens is 191 g/mol. The molecule has 0 aromatic heterocycles. The Hall–Kier alpha value is -1.40. The molecule has 0 unspecified atom stereocenters. The molecule has 78 valence electrons. The second-order valence-corrected chi connectivity index (χ2v) is 3.87. The Morgan fingerprint density at radius 2 is 2.07 bits per heavy atom. The second kappa shape index (κ2) is 4.41. The summed E-state index contributed by atoms with van der Waals surface area (Å²) in [7, 11) is 0. The Labute approximate surface area is 88.7 Å². The molecule has 0 aliphatic carbocycles. The van der Waals surface area contributed by atoms with Gasteiger partial charge in [-0.1, -0.05) is 6.07 Å². The third kappa shape index (κ3) is 2.16. The van der Waals surface area contributed by atoms with Gasteiger partial charge in [-0.3, -0.25) is 0 Å². The van der Waals surface area contributed by atoms with E-state index in [1.54, 1.807) is 6.07 Å². The third-order valence-electron chi connectivity index (χ3n) is 2.91. The van der Waals surface area contributed by atoms with Crippen LogP contribution in [-0.4, -0.2) is 13.1 Å². The highest BCUT2D eigenvalue weighted by atomic mass is 19.1. The van der Waals surface area contributed by atoms with Gasteiger partial charge in [0, 0.05) is 0 Å². The van der Waals surface area contributed by atoms with Crippen molar-refractivity contribution in [2.75, 3.05) is 13.1 Å². The summed E-state index contributed by atoms with van der Waals surface area (Å²) >= 11 is 0. The van der Waals surface area contributed by atoms with Crippen molar-refractivity contribution in [2.24, 2.45) is 0 Å². The highest BCUT2D eigenvalue weighted by Crippen LogP contribution is 2.28. The fraction of sp³-hybridized carbons (Fsp3) is 0.417. The van der Waals surface area contributed by atoms with Crippen LogP contribution < -0.4 is 5.32 Å². The maximum Gasteiger partial charge on any atom is 0.124 e. The lowest BCUT2D eigenvalue weighted by Gasteiger charge is -2.23. The quantitative estimate of drug-likeness (QED) is 0.761. The molecule has 1 saturated heterocycles. The smallest absolute Gasteiger partial charge is 0.124 e. The first-order valence-electron chi connectivity index (χ1n) is 5.21. The van der Waals surface area contributed by atoms with Crippen LogP contribution in [0.2, 0.25) is 0 Å². The van der Waals surface area contributed by atoms with Gasteiger partial charge >= 0.3 is 0 Å². The predicted molar refractivity (Wildman–Crippen MR) is 56.0 cm³/mol. The van der Waals surface area contributed by atoms with E-state index in [-0.39, 0.29) is 5.82 Å². The highest BCUT2D eigenvalue weighted by molar-refractivity contribution is 5.40. The molecule has 3 heteroatoms. The molecule has 2 nitrogen and oxygen atoms in total. The zero-order valence-electron chi connectivity index (χ0n) is 8.46. The number of rotatable bonds is 1. The molecule has 0 amide bonds. The normalized spacial score (nSPS) is 17.3. The van der Waals surface area contributed by atoms with E-state index in [0.29, 0.717) is 11.5 Å². The van der Waals surface area contributed by atoms with Crippen molar-refractivity contribution in [3.8, 4) is 6.07 Å². The summed E-state index contributed by atoms with van der Waals surface area (Å²) in [4.78, 5) is 0. The third-order valence-corrected chi connectivity index (χ3v) is 2.91. The fourth-order valence-corrected chi connectivity index (χ4v) is 2.11. The van der Waals surface area contributed by atoms with Crippen molar-refractivity contribution in [3.05, 3.63) is 35.1 Å². The summed E-state index contributed by atoms with van der Waals surface area (Å²) in [6.07, 6.45) is 2.06. The Kier molecular flexibility index (Phi) is 2.98. The van der Waals surface area contributed by atoms with Gasteiger partial charge in [0.1, 0.15) is 5.82 Å². The molecule has 1 heterocycles. The summed E-state index contributed by atoms with van der Waals surface area (Å²) < 4.78 is 12.9. The summed E-state index contributed by atoms with van der Waals surface area (Å²) in [5.41, 5.74) is 1.49. The zero-order valence-corrected chi connectivity index (χ0v) is 8.46. The van der Waals surface area contributed by atoms with Gasteiger partial charge in [0.2, 0.25) is 0 Å². The maximum atomic E-state index is 12.9. The van der Waals surface area contributed by atoms with E-state index in [0.717, 1.165) is 31.5 Å². The Bertz CT molecular complexity index is 389. The van der Waals surface area contributed by atoms with Crippen molar-refractivity contribution in [3.63, 3.8) is 0 Å². The number of halogens is 1. The summed E-state index contributed by atoms with van der Waals surface area (Å²) in [5, 5.41) is 12.2. The molecule has 0 atom stereocenters. The minimum atomic E-state index is -0.329. The van der Waals surface area contributed by atoms with E-state index in [2.05, 4.69) is 11.4 Å². The largest absolute Gasteiger partial charge is 0.317 e.